The zero-order chi connectivity index (χ0) is 19.3. The maximum Gasteiger partial charge on any atom is 0.219 e. The van der Waals surface area contributed by atoms with E-state index in [0.29, 0.717) is 18.6 Å². The summed E-state index contributed by atoms with van der Waals surface area (Å²) < 4.78 is 0. The molecule has 2 heterocycles. The molecule has 28 heavy (non-hydrogen) atoms. The molecule has 0 bridgehead atoms. The Kier molecular flexibility index (Phi) is 6.01. The quantitative estimate of drug-likeness (QED) is 0.813. The van der Waals surface area contributed by atoms with Crippen molar-refractivity contribution in [2.45, 2.75) is 64.1 Å². The Morgan fingerprint density at radius 2 is 1.93 bits per heavy atom. The second-order valence-electron chi connectivity index (χ2n) is 8.12. The largest absolute Gasteiger partial charge is 0.335 e. The number of carbonyl (C=O) groups excluding carboxylic acids is 1. The van der Waals surface area contributed by atoms with Gasteiger partial charge in [-0.15, -0.1) is 0 Å². The Labute approximate surface area is 167 Å². The van der Waals surface area contributed by atoms with Crippen LogP contribution in [0.2, 0.25) is 0 Å². The molecule has 1 aliphatic carbocycles. The normalized spacial score (nSPS) is 22.9. The molecule has 0 spiro atoms. The lowest BCUT2D eigenvalue weighted by Crippen LogP contribution is -2.39. The molecule has 1 amide bonds. The van der Waals surface area contributed by atoms with Gasteiger partial charge in [-0.3, -0.25) is 9.69 Å². The summed E-state index contributed by atoms with van der Waals surface area (Å²) in [5.41, 5.74) is 4.05. The van der Waals surface area contributed by atoms with E-state index in [1.54, 1.807) is 6.92 Å². The van der Waals surface area contributed by atoms with Crippen LogP contribution in [0.1, 0.15) is 61.8 Å². The standard InChI is InChI=1S/C23H30N4O/c1-18(28)27(16-19-14-24-17-25-15-19)21-8-5-12-26(13-11-21)23-10-4-7-20-6-2-3-9-22(20)23/h2-3,6,9,14-15,17,21,23H,4-5,7-8,10-13,16H2,1H3/t21-,23-/m0/s1. The van der Waals surface area contributed by atoms with Crippen molar-refractivity contribution in [3.05, 3.63) is 59.7 Å². The number of nitrogens with zero attached hydrogens (tertiary/aromatic N) is 4. The summed E-state index contributed by atoms with van der Waals surface area (Å²) in [6.07, 6.45) is 12.1. The van der Waals surface area contributed by atoms with Crippen molar-refractivity contribution in [1.29, 1.82) is 0 Å². The molecule has 1 aliphatic heterocycles. The van der Waals surface area contributed by atoms with E-state index in [1.807, 2.05) is 17.3 Å². The van der Waals surface area contributed by atoms with E-state index in [-0.39, 0.29) is 5.91 Å². The molecule has 2 atom stereocenters. The van der Waals surface area contributed by atoms with Crippen molar-refractivity contribution in [2.75, 3.05) is 13.1 Å². The van der Waals surface area contributed by atoms with Gasteiger partial charge in [0.1, 0.15) is 6.33 Å². The Balaban J connectivity index is 1.45. The molecular formula is C23H30N4O. The van der Waals surface area contributed by atoms with Gasteiger partial charge in [-0.2, -0.15) is 0 Å². The fourth-order valence-electron chi connectivity index (χ4n) is 4.94. The van der Waals surface area contributed by atoms with Crippen LogP contribution in [-0.2, 0) is 17.8 Å². The van der Waals surface area contributed by atoms with Crippen LogP contribution < -0.4 is 0 Å². The van der Waals surface area contributed by atoms with Crippen molar-refractivity contribution >= 4 is 5.91 Å². The van der Waals surface area contributed by atoms with Crippen LogP contribution in [0.15, 0.2) is 43.0 Å². The molecule has 2 aliphatic rings. The number of amides is 1. The van der Waals surface area contributed by atoms with Gasteiger partial charge in [0.2, 0.25) is 5.91 Å². The number of benzene rings is 1. The number of hydrogen-bond donors (Lipinski definition) is 0. The van der Waals surface area contributed by atoms with E-state index in [9.17, 15) is 4.79 Å². The first-order chi connectivity index (χ1) is 13.7. The molecule has 0 unspecified atom stereocenters. The van der Waals surface area contributed by atoms with Crippen LogP contribution in [0.5, 0.6) is 0 Å². The minimum atomic E-state index is 0.144. The lowest BCUT2D eigenvalue weighted by Gasteiger charge is -2.35. The van der Waals surface area contributed by atoms with Gasteiger partial charge in [-0.05, 0) is 56.2 Å². The maximum atomic E-state index is 12.4. The minimum absolute atomic E-state index is 0.144. The summed E-state index contributed by atoms with van der Waals surface area (Å²) in [7, 11) is 0. The number of likely N-dealkylation sites (tertiary alicyclic amines) is 1. The molecule has 1 aromatic carbocycles. The summed E-state index contributed by atoms with van der Waals surface area (Å²) >= 11 is 0. The number of carbonyl (C=O) groups is 1. The zero-order valence-corrected chi connectivity index (χ0v) is 16.8. The number of aromatic nitrogens is 2. The van der Waals surface area contributed by atoms with Crippen molar-refractivity contribution in [3.63, 3.8) is 0 Å². The molecule has 0 radical (unpaired) electrons. The van der Waals surface area contributed by atoms with E-state index in [1.165, 1.54) is 36.7 Å². The molecule has 5 heteroatoms. The average molecular weight is 379 g/mol. The van der Waals surface area contributed by atoms with E-state index < -0.39 is 0 Å². The highest BCUT2D eigenvalue weighted by Crippen LogP contribution is 2.35. The van der Waals surface area contributed by atoms with Crippen molar-refractivity contribution < 1.29 is 4.79 Å². The summed E-state index contributed by atoms with van der Waals surface area (Å²) in [5, 5.41) is 0. The van der Waals surface area contributed by atoms with Gasteiger partial charge in [-0.1, -0.05) is 24.3 Å². The van der Waals surface area contributed by atoms with Crippen LogP contribution in [0.25, 0.3) is 0 Å². The number of hydrogen-bond acceptors (Lipinski definition) is 4. The van der Waals surface area contributed by atoms with E-state index >= 15 is 0 Å². The molecule has 0 N–H and O–H groups in total. The third kappa shape index (κ3) is 4.25. The summed E-state index contributed by atoms with van der Waals surface area (Å²) in [4.78, 5) is 25.3. The number of fused-ring (bicyclic) bond motifs is 1. The first-order valence-corrected chi connectivity index (χ1v) is 10.6. The molecule has 1 saturated heterocycles. The lowest BCUT2D eigenvalue weighted by atomic mass is 9.86. The zero-order valence-electron chi connectivity index (χ0n) is 16.8. The Morgan fingerprint density at radius 3 is 2.75 bits per heavy atom. The summed E-state index contributed by atoms with van der Waals surface area (Å²) in [6.45, 7) is 4.46. The van der Waals surface area contributed by atoms with Gasteiger partial charge in [0.15, 0.2) is 0 Å². The monoisotopic (exact) mass is 378 g/mol. The second-order valence-corrected chi connectivity index (χ2v) is 8.12. The molecule has 1 fully saturated rings. The van der Waals surface area contributed by atoms with Crippen molar-refractivity contribution in [3.8, 4) is 0 Å². The molecule has 5 nitrogen and oxygen atoms in total. The summed E-state index contributed by atoms with van der Waals surface area (Å²) in [6, 6.07) is 9.79. The second kappa shape index (κ2) is 8.82. The van der Waals surface area contributed by atoms with Crippen LogP contribution >= 0.6 is 0 Å². The highest BCUT2D eigenvalue weighted by Gasteiger charge is 2.30. The number of rotatable bonds is 4. The maximum absolute atomic E-state index is 12.4. The molecule has 4 rings (SSSR count). The van der Waals surface area contributed by atoms with Gasteiger partial charge < -0.3 is 4.90 Å². The van der Waals surface area contributed by atoms with Crippen molar-refractivity contribution in [2.24, 2.45) is 0 Å². The van der Waals surface area contributed by atoms with E-state index in [4.69, 9.17) is 0 Å². The highest BCUT2D eigenvalue weighted by atomic mass is 16.2. The van der Waals surface area contributed by atoms with E-state index in [2.05, 4.69) is 39.1 Å². The number of aryl methyl sites for hydroxylation is 1. The van der Waals surface area contributed by atoms with Crippen LogP contribution in [-0.4, -0.2) is 44.8 Å². The van der Waals surface area contributed by atoms with Gasteiger partial charge in [0.25, 0.3) is 0 Å². The summed E-state index contributed by atoms with van der Waals surface area (Å²) in [5.74, 6) is 0.144. The predicted octanol–water partition coefficient (Wildman–Crippen LogP) is 3.76. The highest BCUT2D eigenvalue weighted by molar-refractivity contribution is 5.73. The lowest BCUT2D eigenvalue weighted by molar-refractivity contribution is -0.132. The SMILES string of the molecule is CC(=O)N(Cc1cncnc1)[C@H]1CCCN([C@H]2CCCc3ccccc32)CC1. The fraction of sp³-hybridized carbons (Fsp3) is 0.522. The van der Waals surface area contributed by atoms with Gasteiger partial charge in [0, 0.05) is 50.1 Å². The van der Waals surface area contributed by atoms with E-state index in [0.717, 1.165) is 37.9 Å². The first kappa shape index (κ1) is 19.1. The fourth-order valence-corrected chi connectivity index (χ4v) is 4.94. The Morgan fingerprint density at radius 1 is 1.11 bits per heavy atom. The molecule has 148 valence electrons. The van der Waals surface area contributed by atoms with Crippen molar-refractivity contribution in [1.82, 2.24) is 19.8 Å². The predicted molar refractivity (Wildman–Crippen MR) is 110 cm³/mol. The van der Waals surface area contributed by atoms with Gasteiger partial charge >= 0.3 is 0 Å². The Bertz CT molecular complexity index is 794. The van der Waals surface area contributed by atoms with Gasteiger partial charge in [0.05, 0.1) is 0 Å². The molecule has 1 aromatic heterocycles. The third-order valence-electron chi connectivity index (χ3n) is 6.32. The first-order valence-electron chi connectivity index (χ1n) is 10.6. The van der Waals surface area contributed by atoms with Gasteiger partial charge in [-0.25, -0.2) is 9.97 Å². The smallest absolute Gasteiger partial charge is 0.219 e. The molecule has 2 aromatic rings. The topological polar surface area (TPSA) is 49.3 Å². The molecule has 0 saturated carbocycles. The third-order valence-corrected chi connectivity index (χ3v) is 6.32. The van der Waals surface area contributed by atoms with Crippen LogP contribution in [0, 0.1) is 0 Å². The Hall–Kier alpha value is -2.27. The van der Waals surface area contributed by atoms with Crippen LogP contribution in [0.4, 0.5) is 0 Å². The molecular weight excluding hydrogens is 348 g/mol. The van der Waals surface area contributed by atoms with Crippen LogP contribution in [0.3, 0.4) is 0 Å². The minimum Gasteiger partial charge on any atom is -0.335 e. The average Bonchev–Trinajstić information content (AvgIpc) is 2.98.